The van der Waals surface area contributed by atoms with Crippen molar-refractivity contribution in [1.82, 2.24) is 9.44 Å². The van der Waals surface area contributed by atoms with E-state index >= 15 is 0 Å². The molecule has 1 aromatic rings. The summed E-state index contributed by atoms with van der Waals surface area (Å²) in [5.41, 5.74) is 6.61. The van der Waals surface area contributed by atoms with Crippen LogP contribution in [-0.2, 0) is 20.0 Å². The van der Waals surface area contributed by atoms with Crippen molar-refractivity contribution in [2.45, 2.75) is 11.8 Å². The summed E-state index contributed by atoms with van der Waals surface area (Å²) in [6, 6.07) is 4.55. The number of sulfonamides is 2. The Kier molecular flexibility index (Phi) is 4.91. The van der Waals surface area contributed by atoms with Crippen molar-refractivity contribution in [3.8, 4) is 0 Å². The number of aryl methyl sites for hydroxylation is 1. The molecule has 0 saturated heterocycles. The SMILES string of the molecule is CNS(=O)(=O)CCNS(=O)(=O)c1ccc(C)cc1N. The minimum Gasteiger partial charge on any atom is -0.398 e. The Bertz CT molecular complexity index is 653. The van der Waals surface area contributed by atoms with Crippen LogP contribution in [0, 0.1) is 6.92 Å². The van der Waals surface area contributed by atoms with Gasteiger partial charge in [0.05, 0.1) is 11.4 Å². The molecule has 0 atom stereocenters. The van der Waals surface area contributed by atoms with Crippen LogP contribution in [0.25, 0.3) is 0 Å². The molecule has 0 spiro atoms. The van der Waals surface area contributed by atoms with Crippen molar-refractivity contribution >= 4 is 25.7 Å². The van der Waals surface area contributed by atoms with Crippen molar-refractivity contribution in [2.75, 3.05) is 25.1 Å². The van der Waals surface area contributed by atoms with E-state index in [0.717, 1.165) is 5.56 Å². The van der Waals surface area contributed by atoms with Gasteiger partial charge in [0.15, 0.2) is 0 Å². The molecule has 1 aromatic carbocycles. The average molecular weight is 307 g/mol. The van der Waals surface area contributed by atoms with Crippen LogP contribution in [0.3, 0.4) is 0 Å². The van der Waals surface area contributed by atoms with E-state index in [2.05, 4.69) is 9.44 Å². The maximum Gasteiger partial charge on any atom is 0.242 e. The molecular formula is C10H17N3O4S2. The highest BCUT2D eigenvalue weighted by atomic mass is 32.2. The first-order valence-corrected chi connectivity index (χ1v) is 8.58. The first kappa shape index (κ1) is 15.9. The van der Waals surface area contributed by atoms with Crippen LogP contribution in [-0.4, -0.2) is 36.2 Å². The van der Waals surface area contributed by atoms with E-state index in [4.69, 9.17) is 5.73 Å². The molecule has 0 heterocycles. The van der Waals surface area contributed by atoms with Crippen LogP contribution in [0.5, 0.6) is 0 Å². The van der Waals surface area contributed by atoms with Gasteiger partial charge in [0.25, 0.3) is 0 Å². The molecule has 108 valence electrons. The zero-order valence-corrected chi connectivity index (χ0v) is 12.3. The lowest BCUT2D eigenvalue weighted by Gasteiger charge is -2.09. The van der Waals surface area contributed by atoms with Crippen molar-refractivity contribution in [2.24, 2.45) is 0 Å². The first-order chi connectivity index (χ1) is 8.68. The normalized spacial score (nSPS) is 12.5. The molecule has 0 aliphatic heterocycles. The van der Waals surface area contributed by atoms with Crippen LogP contribution >= 0.6 is 0 Å². The van der Waals surface area contributed by atoms with Gasteiger partial charge in [0, 0.05) is 6.54 Å². The van der Waals surface area contributed by atoms with Crippen molar-refractivity contribution in [3.63, 3.8) is 0 Å². The number of hydrogen-bond acceptors (Lipinski definition) is 5. The third kappa shape index (κ3) is 4.46. The fourth-order valence-corrected chi connectivity index (χ4v) is 3.25. The van der Waals surface area contributed by atoms with Gasteiger partial charge >= 0.3 is 0 Å². The maximum atomic E-state index is 11.9. The molecule has 1 rings (SSSR count). The van der Waals surface area contributed by atoms with Crippen molar-refractivity contribution < 1.29 is 16.8 Å². The summed E-state index contributed by atoms with van der Waals surface area (Å²) in [6.07, 6.45) is 0. The summed E-state index contributed by atoms with van der Waals surface area (Å²) in [4.78, 5) is -0.0556. The van der Waals surface area contributed by atoms with E-state index < -0.39 is 20.0 Å². The quantitative estimate of drug-likeness (QED) is 0.607. The van der Waals surface area contributed by atoms with Gasteiger partial charge in [-0.2, -0.15) is 0 Å². The summed E-state index contributed by atoms with van der Waals surface area (Å²) < 4.78 is 50.5. The van der Waals surface area contributed by atoms with Gasteiger partial charge in [-0.1, -0.05) is 6.07 Å². The molecule has 0 radical (unpaired) electrons. The second-order valence-corrected chi connectivity index (χ2v) is 7.74. The Morgan fingerprint density at radius 1 is 1.21 bits per heavy atom. The van der Waals surface area contributed by atoms with Gasteiger partial charge in [-0.25, -0.2) is 26.3 Å². The highest BCUT2D eigenvalue weighted by molar-refractivity contribution is 7.90. The Hall–Kier alpha value is -1.16. The summed E-state index contributed by atoms with van der Waals surface area (Å²) >= 11 is 0. The van der Waals surface area contributed by atoms with Gasteiger partial charge in [0.2, 0.25) is 20.0 Å². The number of nitrogen functional groups attached to an aromatic ring is 1. The molecule has 19 heavy (non-hydrogen) atoms. The highest BCUT2D eigenvalue weighted by Crippen LogP contribution is 2.18. The van der Waals surface area contributed by atoms with Gasteiger partial charge in [-0.15, -0.1) is 0 Å². The lowest BCUT2D eigenvalue weighted by molar-refractivity contribution is 0.579. The third-order valence-electron chi connectivity index (χ3n) is 2.43. The number of benzene rings is 1. The average Bonchev–Trinajstić information content (AvgIpc) is 2.27. The van der Waals surface area contributed by atoms with E-state index in [1.165, 1.54) is 13.1 Å². The molecule has 0 unspecified atom stereocenters. The van der Waals surface area contributed by atoms with E-state index in [1.807, 2.05) is 0 Å². The summed E-state index contributed by atoms with van der Waals surface area (Å²) in [5.74, 6) is -0.339. The first-order valence-electron chi connectivity index (χ1n) is 5.45. The number of hydrogen-bond donors (Lipinski definition) is 3. The Labute approximate surface area is 113 Å². The molecule has 0 aromatic heterocycles. The second kappa shape index (κ2) is 5.87. The topological polar surface area (TPSA) is 118 Å². The standard InChI is InChI=1S/C10H17N3O4S2/c1-8-3-4-10(9(11)7-8)19(16,17)13-5-6-18(14,15)12-2/h3-4,7,12-13H,5-6,11H2,1-2H3. The van der Waals surface area contributed by atoms with E-state index in [-0.39, 0.29) is 22.9 Å². The number of anilines is 1. The van der Waals surface area contributed by atoms with Gasteiger partial charge in [0.1, 0.15) is 4.90 Å². The fraction of sp³-hybridized carbons (Fsp3) is 0.400. The molecular weight excluding hydrogens is 290 g/mol. The van der Waals surface area contributed by atoms with Crippen molar-refractivity contribution in [3.05, 3.63) is 23.8 Å². The lowest BCUT2D eigenvalue weighted by atomic mass is 10.2. The van der Waals surface area contributed by atoms with Crippen LogP contribution in [0.2, 0.25) is 0 Å². The molecule has 0 fully saturated rings. The van der Waals surface area contributed by atoms with Crippen LogP contribution in [0.15, 0.2) is 23.1 Å². The highest BCUT2D eigenvalue weighted by Gasteiger charge is 2.18. The van der Waals surface area contributed by atoms with Gasteiger partial charge in [-0.3, -0.25) is 0 Å². The van der Waals surface area contributed by atoms with Crippen molar-refractivity contribution in [1.29, 1.82) is 0 Å². The van der Waals surface area contributed by atoms with E-state index in [9.17, 15) is 16.8 Å². The van der Waals surface area contributed by atoms with Gasteiger partial charge in [-0.05, 0) is 31.7 Å². The fourth-order valence-electron chi connectivity index (χ4n) is 1.40. The minimum atomic E-state index is -3.81. The molecule has 0 saturated carbocycles. The Balaban J connectivity index is 2.82. The van der Waals surface area contributed by atoms with E-state index in [0.29, 0.717) is 0 Å². The number of nitrogens with one attached hydrogen (secondary N) is 2. The molecule has 0 amide bonds. The second-order valence-electron chi connectivity index (χ2n) is 3.96. The molecule has 0 aliphatic rings. The number of rotatable bonds is 6. The molecule has 9 heteroatoms. The zero-order valence-electron chi connectivity index (χ0n) is 10.7. The molecule has 0 aliphatic carbocycles. The molecule has 4 N–H and O–H groups in total. The number of nitrogens with two attached hydrogens (primary N) is 1. The van der Waals surface area contributed by atoms with Crippen LogP contribution < -0.4 is 15.2 Å². The summed E-state index contributed by atoms with van der Waals surface area (Å²) in [5, 5.41) is 0. The minimum absolute atomic E-state index is 0.0556. The predicted octanol–water partition coefficient (Wildman–Crippen LogP) is -0.595. The largest absolute Gasteiger partial charge is 0.398 e. The third-order valence-corrected chi connectivity index (χ3v) is 5.33. The molecule has 7 nitrogen and oxygen atoms in total. The monoisotopic (exact) mass is 307 g/mol. The summed E-state index contributed by atoms with van der Waals surface area (Å²) in [6.45, 7) is 1.57. The Morgan fingerprint density at radius 3 is 2.37 bits per heavy atom. The van der Waals surface area contributed by atoms with Crippen LogP contribution in [0.4, 0.5) is 5.69 Å². The maximum absolute atomic E-state index is 11.9. The van der Waals surface area contributed by atoms with Crippen LogP contribution in [0.1, 0.15) is 5.56 Å². The van der Waals surface area contributed by atoms with Gasteiger partial charge < -0.3 is 5.73 Å². The van der Waals surface area contributed by atoms with E-state index in [1.54, 1.807) is 19.1 Å². The molecule has 0 bridgehead atoms. The lowest BCUT2D eigenvalue weighted by Crippen LogP contribution is -2.33. The smallest absolute Gasteiger partial charge is 0.242 e. The Morgan fingerprint density at radius 2 is 1.84 bits per heavy atom. The zero-order chi connectivity index (χ0) is 14.7. The predicted molar refractivity (Wildman–Crippen MR) is 73.6 cm³/mol. The summed E-state index contributed by atoms with van der Waals surface area (Å²) in [7, 11) is -5.99.